The Kier molecular flexibility index (Phi) is 6.32. The van der Waals surface area contributed by atoms with E-state index >= 15 is 0 Å². The molecule has 1 aromatic carbocycles. The lowest BCUT2D eigenvalue weighted by Crippen LogP contribution is -2.53. The van der Waals surface area contributed by atoms with E-state index in [0.717, 1.165) is 68.2 Å². The second-order valence-electron chi connectivity index (χ2n) is 11.9. The number of nitrogens with one attached hydrogen (secondary N) is 3. The second-order valence-corrected chi connectivity index (χ2v) is 13.4. The maximum Gasteiger partial charge on any atom is 0.274 e. The number of rotatable bonds is 9. The molecule has 0 bridgehead atoms. The van der Waals surface area contributed by atoms with Crippen molar-refractivity contribution in [3.05, 3.63) is 57.2 Å². The molecule has 0 amide bonds. The highest BCUT2D eigenvalue weighted by atomic mass is 32.2. The predicted octanol–water partition coefficient (Wildman–Crippen LogP) is 2.03. The van der Waals surface area contributed by atoms with Crippen molar-refractivity contribution in [2.45, 2.75) is 49.0 Å². The first-order valence-corrected chi connectivity index (χ1v) is 15.7. The number of aromatic nitrogens is 2. The van der Waals surface area contributed by atoms with Crippen molar-refractivity contribution in [3.63, 3.8) is 0 Å². The summed E-state index contributed by atoms with van der Waals surface area (Å²) >= 11 is 0. The lowest BCUT2D eigenvalue weighted by Gasteiger charge is -2.43. The van der Waals surface area contributed by atoms with Gasteiger partial charge in [0.1, 0.15) is 10.7 Å². The number of nitro groups is 1. The van der Waals surface area contributed by atoms with Crippen molar-refractivity contribution < 1.29 is 9.13 Å². The summed E-state index contributed by atoms with van der Waals surface area (Å²) in [6, 6.07) is 6.97. The summed E-state index contributed by atoms with van der Waals surface area (Å²) in [7, 11) is 0.528. The molecular formula is C28H36N8O3S. The maximum atomic E-state index is 13.0. The third-order valence-corrected chi connectivity index (χ3v) is 10.9. The molecule has 5 aliphatic rings. The van der Waals surface area contributed by atoms with Gasteiger partial charge in [0.15, 0.2) is 5.82 Å². The monoisotopic (exact) mass is 564 g/mol. The van der Waals surface area contributed by atoms with Gasteiger partial charge in [0.25, 0.3) is 6.20 Å². The van der Waals surface area contributed by atoms with Crippen LogP contribution in [0.15, 0.2) is 35.1 Å². The molecule has 1 saturated carbocycles. The molecule has 0 spiro atoms. The minimum Gasteiger partial charge on any atom is -0.371 e. The standard InChI is InChI=1S/C28H36N8O3S/c1-29-24(16-36(37)38)30-17-28(8-2-9-28)33-26-25-23(7-10-40(25)39)31-27(32-26)35-14-20-12-34(13-21(20)15-35)22-6-5-18-3-4-19(18)11-22/h5-6,11,16,20-21,29-30H,2-4,7-10,12-15,17H2,1H3,(H,31,32,33)/b24-16+/t20?,21?,40-/m1/s1. The third-order valence-electron chi connectivity index (χ3n) is 9.48. The molecular weight excluding hydrogens is 528 g/mol. The quantitative estimate of drug-likeness (QED) is 0.307. The fourth-order valence-electron chi connectivity index (χ4n) is 6.92. The van der Waals surface area contributed by atoms with Gasteiger partial charge in [0.2, 0.25) is 5.95 Å². The molecule has 0 radical (unpaired) electrons. The van der Waals surface area contributed by atoms with Crippen LogP contribution in [-0.2, 0) is 30.1 Å². The first-order valence-electron chi connectivity index (χ1n) is 14.4. The molecule has 3 N–H and O–H groups in total. The fraction of sp³-hybridized carbons (Fsp3) is 0.571. The molecule has 3 atom stereocenters. The van der Waals surface area contributed by atoms with Gasteiger partial charge in [-0.25, -0.2) is 4.98 Å². The lowest BCUT2D eigenvalue weighted by molar-refractivity contribution is -0.404. The van der Waals surface area contributed by atoms with E-state index in [-0.39, 0.29) is 5.54 Å². The normalized spacial score (nSPS) is 25.9. The van der Waals surface area contributed by atoms with Crippen LogP contribution in [0.5, 0.6) is 0 Å². The van der Waals surface area contributed by atoms with Crippen LogP contribution in [0.4, 0.5) is 17.5 Å². The fourth-order valence-corrected chi connectivity index (χ4v) is 8.23. The average Bonchev–Trinajstić information content (AvgIpc) is 3.58. The molecule has 2 aromatic rings. The Bertz CT molecular complexity index is 1400. The maximum absolute atomic E-state index is 13.0. The van der Waals surface area contributed by atoms with Crippen molar-refractivity contribution in [2.75, 3.05) is 60.6 Å². The number of hydrogen-bond acceptors (Lipinski definition) is 10. The van der Waals surface area contributed by atoms with Crippen LogP contribution in [0.1, 0.15) is 36.1 Å². The first kappa shape index (κ1) is 25.6. The van der Waals surface area contributed by atoms with Gasteiger partial charge in [-0.05, 0) is 55.4 Å². The molecule has 3 aliphatic heterocycles. The van der Waals surface area contributed by atoms with Crippen LogP contribution < -0.4 is 25.8 Å². The molecule has 12 heteroatoms. The Morgan fingerprint density at radius 3 is 2.50 bits per heavy atom. The minimum absolute atomic E-state index is 0.308. The molecule has 1 aromatic heterocycles. The Balaban J connectivity index is 1.08. The zero-order chi connectivity index (χ0) is 27.4. The smallest absolute Gasteiger partial charge is 0.274 e. The summed E-state index contributed by atoms with van der Waals surface area (Å²) in [5.74, 6) is 3.48. The van der Waals surface area contributed by atoms with Crippen molar-refractivity contribution in [1.29, 1.82) is 0 Å². The van der Waals surface area contributed by atoms with Crippen LogP contribution in [0.2, 0.25) is 0 Å². The van der Waals surface area contributed by atoms with Gasteiger partial charge in [-0.3, -0.25) is 14.3 Å². The van der Waals surface area contributed by atoms with Gasteiger partial charge in [-0.15, -0.1) is 0 Å². The van der Waals surface area contributed by atoms with Gasteiger partial charge in [-0.2, -0.15) is 4.98 Å². The number of benzene rings is 1. The van der Waals surface area contributed by atoms with E-state index in [0.29, 0.717) is 42.2 Å². The molecule has 212 valence electrons. The molecule has 4 heterocycles. The van der Waals surface area contributed by atoms with Crippen molar-refractivity contribution in [1.82, 2.24) is 20.6 Å². The zero-order valence-electron chi connectivity index (χ0n) is 22.8. The average molecular weight is 565 g/mol. The lowest BCUT2D eigenvalue weighted by atomic mass is 9.76. The SMILES string of the molecule is CN/C(=C\[N+](=O)[O-])NCC1(Nc2nc(N3CC4CN(c5ccc6c(c5)CC6)CC4C3)nc3c2[S@](=O)CC3)CCC1. The second kappa shape index (κ2) is 9.90. The minimum atomic E-state index is -1.13. The van der Waals surface area contributed by atoms with E-state index in [9.17, 15) is 14.3 Å². The van der Waals surface area contributed by atoms with E-state index in [2.05, 4.69) is 43.9 Å². The van der Waals surface area contributed by atoms with E-state index in [4.69, 9.17) is 9.97 Å². The molecule has 11 nitrogen and oxygen atoms in total. The summed E-state index contributed by atoms with van der Waals surface area (Å²) in [6.07, 6.45) is 6.93. The van der Waals surface area contributed by atoms with Crippen molar-refractivity contribution in [3.8, 4) is 0 Å². The van der Waals surface area contributed by atoms with E-state index in [1.54, 1.807) is 7.05 Å². The van der Waals surface area contributed by atoms with Crippen LogP contribution >= 0.6 is 0 Å². The molecule has 2 saturated heterocycles. The molecule has 3 fully saturated rings. The zero-order valence-corrected chi connectivity index (χ0v) is 23.6. The highest BCUT2D eigenvalue weighted by molar-refractivity contribution is 7.85. The van der Waals surface area contributed by atoms with Gasteiger partial charge < -0.3 is 25.8 Å². The molecule has 2 unspecified atom stereocenters. The number of fused-ring (bicyclic) bond motifs is 3. The highest BCUT2D eigenvalue weighted by Gasteiger charge is 2.43. The van der Waals surface area contributed by atoms with Gasteiger partial charge in [0.05, 0.1) is 27.0 Å². The molecule has 40 heavy (non-hydrogen) atoms. The predicted molar refractivity (Wildman–Crippen MR) is 155 cm³/mol. The number of aryl methyl sites for hydroxylation is 3. The number of nitrogens with zero attached hydrogens (tertiary/aromatic N) is 5. The van der Waals surface area contributed by atoms with Crippen molar-refractivity contribution >= 4 is 28.3 Å². The third kappa shape index (κ3) is 4.55. The summed E-state index contributed by atoms with van der Waals surface area (Å²) in [5, 5.41) is 20.6. The Morgan fingerprint density at radius 1 is 1.12 bits per heavy atom. The van der Waals surface area contributed by atoms with Gasteiger partial charge >= 0.3 is 0 Å². The van der Waals surface area contributed by atoms with E-state index < -0.39 is 15.7 Å². The molecule has 7 rings (SSSR count). The highest BCUT2D eigenvalue weighted by Crippen LogP contribution is 2.41. The number of hydrogen-bond donors (Lipinski definition) is 3. The Labute approximate surface area is 236 Å². The summed E-state index contributed by atoms with van der Waals surface area (Å²) in [6.45, 7) is 4.47. The first-order chi connectivity index (χ1) is 19.4. The Morgan fingerprint density at radius 2 is 1.88 bits per heavy atom. The van der Waals surface area contributed by atoms with Gasteiger partial charge in [0, 0.05) is 69.5 Å². The van der Waals surface area contributed by atoms with Crippen molar-refractivity contribution in [2.24, 2.45) is 11.8 Å². The van der Waals surface area contributed by atoms with Crippen LogP contribution in [0.25, 0.3) is 0 Å². The topological polar surface area (TPSA) is 129 Å². The van der Waals surface area contributed by atoms with E-state index in [1.807, 2.05) is 0 Å². The Hall–Kier alpha value is -3.41. The summed E-state index contributed by atoms with van der Waals surface area (Å²) < 4.78 is 13.0. The summed E-state index contributed by atoms with van der Waals surface area (Å²) in [4.78, 5) is 26.0. The molecule has 2 aliphatic carbocycles. The van der Waals surface area contributed by atoms with Crippen LogP contribution in [0, 0.1) is 22.0 Å². The van der Waals surface area contributed by atoms with Gasteiger partial charge in [-0.1, -0.05) is 6.07 Å². The largest absolute Gasteiger partial charge is 0.371 e. The number of anilines is 3. The van der Waals surface area contributed by atoms with Crippen LogP contribution in [-0.4, -0.2) is 70.2 Å². The van der Waals surface area contributed by atoms with E-state index in [1.165, 1.54) is 29.7 Å². The summed E-state index contributed by atoms with van der Waals surface area (Å²) in [5.41, 5.74) is 4.95. The van der Waals surface area contributed by atoms with Crippen LogP contribution in [0.3, 0.4) is 0 Å².